The number of aliphatic hydroxyl groups is 1. The molecule has 2 heterocycles. The van der Waals surface area contributed by atoms with Crippen molar-refractivity contribution >= 4 is 23.8 Å². The first-order chi connectivity index (χ1) is 12.0. The molecule has 2 aromatic rings. The van der Waals surface area contributed by atoms with Crippen LogP contribution >= 0.6 is 0 Å². The Morgan fingerprint density at radius 2 is 1.96 bits per heavy atom. The predicted molar refractivity (Wildman–Crippen MR) is 84.4 cm³/mol. The standard InChI is InChI=1S/C15H12N4O6/c20-9-17-14(21)8-18(15(17)22)16-7-12-5-6-13(25-12)10-1-3-11(4-2-10)19(23)24/h1-7,20H,8-9H2/b16-7+. The van der Waals surface area contributed by atoms with Gasteiger partial charge < -0.3 is 9.52 Å². The van der Waals surface area contributed by atoms with Crippen LogP contribution in [-0.4, -0.2) is 51.4 Å². The Balaban J connectivity index is 1.72. The summed E-state index contributed by atoms with van der Waals surface area (Å²) in [5.41, 5.74) is 0.617. The largest absolute Gasteiger partial charge is 0.455 e. The van der Waals surface area contributed by atoms with Gasteiger partial charge in [-0.3, -0.25) is 14.9 Å². The molecule has 0 bridgehead atoms. The Labute approximate surface area is 140 Å². The van der Waals surface area contributed by atoms with Crippen LogP contribution < -0.4 is 0 Å². The van der Waals surface area contributed by atoms with Gasteiger partial charge in [0.25, 0.3) is 11.6 Å². The van der Waals surface area contributed by atoms with Crippen molar-refractivity contribution < 1.29 is 24.0 Å². The number of hydrazone groups is 1. The van der Waals surface area contributed by atoms with Crippen molar-refractivity contribution in [2.75, 3.05) is 13.3 Å². The van der Waals surface area contributed by atoms with E-state index in [4.69, 9.17) is 9.52 Å². The molecule has 0 radical (unpaired) electrons. The van der Waals surface area contributed by atoms with Crippen LogP contribution in [0.2, 0.25) is 0 Å². The molecule has 10 heteroatoms. The summed E-state index contributed by atoms with van der Waals surface area (Å²) in [4.78, 5) is 34.0. The molecule has 0 unspecified atom stereocenters. The van der Waals surface area contributed by atoms with E-state index in [1.54, 1.807) is 24.3 Å². The highest BCUT2D eigenvalue weighted by Crippen LogP contribution is 2.24. The molecule has 0 aliphatic carbocycles. The lowest BCUT2D eigenvalue weighted by Crippen LogP contribution is -2.32. The minimum Gasteiger partial charge on any atom is -0.455 e. The van der Waals surface area contributed by atoms with E-state index in [1.807, 2.05) is 0 Å². The summed E-state index contributed by atoms with van der Waals surface area (Å²) in [7, 11) is 0. The number of nitro groups is 1. The molecule has 1 aliphatic heterocycles. The Hall–Kier alpha value is -3.53. The molecule has 0 spiro atoms. The van der Waals surface area contributed by atoms with Gasteiger partial charge in [-0.15, -0.1) is 0 Å². The van der Waals surface area contributed by atoms with Gasteiger partial charge in [-0.1, -0.05) is 0 Å². The van der Waals surface area contributed by atoms with Gasteiger partial charge in [0.05, 0.1) is 11.1 Å². The van der Waals surface area contributed by atoms with Crippen LogP contribution in [0.15, 0.2) is 45.9 Å². The number of urea groups is 1. The maximum atomic E-state index is 11.8. The monoisotopic (exact) mass is 344 g/mol. The summed E-state index contributed by atoms with van der Waals surface area (Å²) < 4.78 is 5.54. The lowest BCUT2D eigenvalue weighted by atomic mass is 10.1. The number of nitrogens with zero attached hydrogens (tertiary/aromatic N) is 4. The van der Waals surface area contributed by atoms with E-state index in [-0.39, 0.29) is 12.2 Å². The molecule has 3 amide bonds. The van der Waals surface area contributed by atoms with Gasteiger partial charge >= 0.3 is 6.03 Å². The summed E-state index contributed by atoms with van der Waals surface area (Å²) in [5, 5.41) is 24.4. The summed E-state index contributed by atoms with van der Waals surface area (Å²) in [6, 6.07) is 8.38. The fourth-order valence-electron chi connectivity index (χ4n) is 2.21. The maximum Gasteiger partial charge on any atom is 0.349 e. The van der Waals surface area contributed by atoms with Crippen LogP contribution in [0, 0.1) is 10.1 Å². The van der Waals surface area contributed by atoms with E-state index >= 15 is 0 Å². The number of nitro benzene ring substituents is 1. The molecule has 1 N–H and O–H groups in total. The summed E-state index contributed by atoms with van der Waals surface area (Å²) in [6.07, 6.45) is 1.26. The first kappa shape index (κ1) is 16.3. The quantitative estimate of drug-likeness (QED) is 0.378. The van der Waals surface area contributed by atoms with Crippen LogP contribution in [0.3, 0.4) is 0 Å². The minimum absolute atomic E-state index is 0.0252. The number of carbonyl (C=O) groups is 2. The van der Waals surface area contributed by atoms with Crippen molar-refractivity contribution in [2.24, 2.45) is 5.10 Å². The third kappa shape index (κ3) is 3.23. The summed E-state index contributed by atoms with van der Waals surface area (Å²) in [5.74, 6) is 0.254. The minimum atomic E-state index is -0.717. The van der Waals surface area contributed by atoms with Crippen molar-refractivity contribution in [1.82, 2.24) is 9.91 Å². The zero-order valence-corrected chi connectivity index (χ0v) is 12.7. The number of non-ortho nitro benzene ring substituents is 1. The fourth-order valence-corrected chi connectivity index (χ4v) is 2.21. The van der Waals surface area contributed by atoms with Gasteiger partial charge in [-0.05, 0) is 24.3 Å². The maximum absolute atomic E-state index is 11.8. The highest BCUT2D eigenvalue weighted by molar-refractivity contribution is 6.02. The first-order valence-electron chi connectivity index (χ1n) is 7.11. The number of furan rings is 1. The van der Waals surface area contributed by atoms with E-state index in [9.17, 15) is 19.7 Å². The van der Waals surface area contributed by atoms with E-state index < -0.39 is 23.6 Å². The molecule has 128 valence electrons. The Kier molecular flexibility index (Phi) is 4.27. The molecule has 10 nitrogen and oxygen atoms in total. The number of hydrogen-bond acceptors (Lipinski definition) is 7. The molecule has 1 fully saturated rings. The highest BCUT2D eigenvalue weighted by atomic mass is 16.6. The topological polar surface area (TPSA) is 129 Å². The molecule has 0 atom stereocenters. The normalized spacial score (nSPS) is 14.8. The molecular formula is C15H12N4O6. The van der Waals surface area contributed by atoms with Crippen LogP contribution in [0.4, 0.5) is 10.5 Å². The second-order valence-corrected chi connectivity index (χ2v) is 5.05. The number of imide groups is 1. The van der Waals surface area contributed by atoms with Crippen LogP contribution in [-0.2, 0) is 4.79 Å². The van der Waals surface area contributed by atoms with Gasteiger partial charge in [-0.25, -0.2) is 14.7 Å². The lowest BCUT2D eigenvalue weighted by molar-refractivity contribution is -0.384. The molecule has 1 aromatic carbocycles. The number of aliphatic hydroxyl groups excluding tert-OH is 1. The number of rotatable bonds is 5. The predicted octanol–water partition coefficient (Wildman–Crippen LogP) is 1.40. The smallest absolute Gasteiger partial charge is 0.349 e. The molecule has 25 heavy (non-hydrogen) atoms. The van der Waals surface area contributed by atoms with Crippen LogP contribution in [0.1, 0.15) is 5.76 Å². The van der Waals surface area contributed by atoms with Crippen LogP contribution in [0.5, 0.6) is 0 Å². The van der Waals surface area contributed by atoms with E-state index in [0.29, 0.717) is 22.0 Å². The van der Waals surface area contributed by atoms with Crippen molar-refractivity contribution in [3.05, 3.63) is 52.3 Å². The van der Waals surface area contributed by atoms with E-state index in [2.05, 4.69) is 5.10 Å². The van der Waals surface area contributed by atoms with Gasteiger partial charge in [0, 0.05) is 17.7 Å². The van der Waals surface area contributed by atoms with Gasteiger partial charge in [0.1, 0.15) is 24.8 Å². The molecule has 1 aromatic heterocycles. The zero-order valence-electron chi connectivity index (χ0n) is 12.7. The van der Waals surface area contributed by atoms with Crippen LogP contribution in [0.25, 0.3) is 11.3 Å². The van der Waals surface area contributed by atoms with Gasteiger partial charge in [0.2, 0.25) is 0 Å². The first-order valence-corrected chi connectivity index (χ1v) is 7.11. The van der Waals surface area contributed by atoms with E-state index in [0.717, 1.165) is 5.01 Å². The SMILES string of the molecule is O=C1CN(/N=C/c2ccc(-c3ccc([N+](=O)[O-])cc3)o2)C(=O)N1CO. The van der Waals surface area contributed by atoms with Gasteiger partial charge in [0.15, 0.2) is 0 Å². The molecular weight excluding hydrogens is 332 g/mol. The zero-order chi connectivity index (χ0) is 18.0. The second-order valence-electron chi connectivity index (χ2n) is 5.05. The van der Waals surface area contributed by atoms with Crippen molar-refractivity contribution in [1.29, 1.82) is 0 Å². The van der Waals surface area contributed by atoms with Crippen molar-refractivity contribution in [3.8, 4) is 11.3 Å². The number of amides is 3. The highest BCUT2D eigenvalue weighted by Gasteiger charge is 2.35. The van der Waals surface area contributed by atoms with Gasteiger partial charge in [-0.2, -0.15) is 5.10 Å². The number of benzene rings is 1. The average molecular weight is 344 g/mol. The summed E-state index contributed by atoms with van der Waals surface area (Å²) in [6.45, 7) is -0.958. The number of carbonyl (C=O) groups excluding carboxylic acids is 2. The molecule has 1 aliphatic rings. The Morgan fingerprint density at radius 3 is 2.56 bits per heavy atom. The molecule has 3 rings (SSSR count). The van der Waals surface area contributed by atoms with Crippen molar-refractivity contribution in [3.63, 3.8) is 0 Å². The fraction of sp³-hybridized carbons (Fsp3) is 0.133. The Bertz CT molecular complexity index is 857. The summed E-state index contributed by atoms with van der Waals surface area (Å²) >= 11 is 0. The molecule has 1 saturated heterocycles. The Morgan fingerprint density at radius 1 is 1.24 bits per heavy atom. The van der Waals surface area contributed by atoms with E-state index in [1.165, 1.54) is 18.3 Å². The third-order valence-electron chi connectivity index (χ3n) is 3.49. The average Bonchev–Trinajstić information content (AvgIpc) is 3.17. The lowest BCUT2D eigenvalue weighted by Gasteiger charge is -2.09. The second kappa shape index (κ2) is 6.53. The number of hydrogen-bond donors (Lipinski definition) is 1. The third-order valence-corrected chi connectivity index (χ3v) is 3.49. The van der Waals surface area contributed by atoms with Crippen molar-refractivity contribution in [2.45, 2.75) is 0 Å². The molecule has 0 saturated carbocycles.